The topological polar surface area (TPSA) is 37.3 Å². The maximum Gasteiger partial charge on any atom is 0.405 e. The minimum atomic E-state index is -4.63. The van der Waals surface area contributed by atoms with Crippen LogP contribution in [0.15, 0.2) is 0 Å². The van der Waals surface area contributed by atoms with E-state index in [0.29, 0.717) is 12.8 Å². The molecule has 0 aliphatic heterocycles. The van der Waals surface area contributed by atoms with Gasteiger partial charge in [0.2, 0.25) is 0 Å². The van der Waals surface area contributed by atoms with Crippen LogP contribution in [0.25, 0.3) is 0 Å². The fraction of sp³-hybridized carbons (Fsp3) is 0.889. The van der Waals surface area contributed by atoms with Crippen LogP contribution in [0.5, 0.6) is 0 Å². The molecule has 82 valence electrons. The number of hydrogen-bond donors (Lipinski definition) is 1. The lowest BCUT2D eigenvalue weighted by Crippen LogP contribution is -2.47. The predicted octanol–water partition coefficient (Wildman–Crippen LogP) is 2.83. The second-order valence-corrected chi connectivity index (χ2v) is 3.77. The van der Waals surface area contributed by atoms with Crippen molar-refractivity contribution in [2.24, 2.45) is 11.3 Å². The molecule has 0 aromatic heterocycles. The Morgan fingerprint density at radius 1 is 1.57 bits per heavy atom. The van der Waals surface area contributed by atoms with Crippen LogP contribution in [-0.2, 0) is 4.79 Å². The molecule has 2 nitrogen and oxygen atoms in total. The van der Waals surface area contributed by atoms with Gasteiger partial charge in [-0.15, -0.1) is 0 Å². The molecule has 2 unspecified atom stereocenters. The smallest absolute Gasteiger partial charge is 0.405 e. The minimum absolute atomic E-state index is 0.270. The van der Waals surface area contributed by atoms with Gasteiger partial charge in [0.15, 0.2) is 5.41 Å². The number of rotatable bonds is 2. The molecule has 1 aliphatic rings. The monoisotopic (exact) mass is 210 g/mol. The summed E-state index contributed by atoms with van der Waals surface area (Å²) in [6, 6.07) is 0. The first-order chi connectivity index (χ1) is 6.36. The van der Waals surface area contributed by atoms with E-state index in [0.717, 1.165) is 0 Å². The standard InChI is InChI=1S/C9H13F3O2/c1-2-6-4-3-5-8(6,7(13)14)9(10,11)12/h6H,2-5H2,1H3,(H,13,14). The fourth-order valence-electron chi connectivity index (χ4n) is 2.41. The summed E-state index contributed by atoms with van der Waals surface area (Å²) in [6.07, 6.45) is -3.92. The van der Waals surface area contributed by atoms with Crippen molar-refractivity contribution in [2.45, 2.75) is 38.8 Å². The van der Waals surface area contributed by atoms with Crippen LogP contribution in [0.2, 0.25) is 0 Å². The zero-order valence-electron chi connectivity index (χ0n) is 7.90. The van der Waals surface area contributed by atoms with Crippen molar-refractivity contribution in [3.63, 3.8) is 0 Å². The van der Waals surface area contributed by atoms with Crippen LogP contribution in [0, 0.1) is 11.3 Å². The van der Waals surface area contributed by atoms with E-state index in [1.807, 2.05) is 0 Å². The van der Waals surface area contributed by atoms with E-state index in [9.17, 15) is 18.0 Å². The summed E-state index contributed by atoms with van der Waals surface area (Å²) < 4.78 is 38.2. The van der Waals surface area contributed by atoms with Crippen LogP contribution < -0.4 is 0 Å². The van der Waals surface area contributed by atoms with Gasteiger partial charge in [-0.1, -0.05) is 19.8 Å². The number of carbonyl (C=O) groups is 1. The van der Waals surface area contributed by atoms with E-state index in [2.05, 4.69) is 0 Å². The van der Waals surface area contributed by atoms with E-state index in [-0.39, 0.29) is 12.8 Å². The molecule has 1 aliphatic carbocycles. The van der Waals surface area contributed by atoms with Gasteiger partial charge < -0.3 is 5.11 Å². The second kappa shape index (κ2) is 3.44. The number of halogens is 3. The summed E-state index contributed by atoms with van der Waals surface area (Å²) in [5, 5.41) is 8.78. The van der Waals surface area contributed by atoms with Crippen molar-refractivity contribution in [1.82, 2.24) is 0 Å². The molecule has 1 rings (SSSR count). The highest BCUT2D eigenvalue weighted by atomic mass is 19.4. The Kier molecular flexibility index (Phi) is 2.78. The lowest BCUT2D eigenvalue weighted by molar-refractivity contribution is -0.241. The molecule has 0 saturated heterocycles. The Labute approximate surface area is 80.1 Å². The SMILES string of the molecule is CCC1CCCC1(C(=O)O)C(F)(F)F. The number of alkyl halides is 3. The molecular formula is C9H13F3O2. The molecule has 0 radical (unpaired) electrons. The van der Waals surface area contributed by atoms with Crippen molar-refractivity contribution < 1.29 is 23.1 Å². The van der Waals surface area contributed by atoms with Crippen molar-refractivity contribution in [2.75, 3.05) is 0 Å². The maximum absolute atomic E-state index is 12.7. The Morgan fingerprint density at radius 2 is 2.14 bits per heavy atom. The third-order valence-corrected chi connectivity index (χ3v) is 3.20. The molecule has 5 heteroatoms. The molecule has 1 saturated carbocycles. The van der Waals surface area contributed by atoms with Gasteiger partial charge in [0.1, 0.15) is 0 Å². The molecule has 0 heterocycles. The maximum atomic E-state index is 12.7. The zero-order chi connectivity index (χ0) is 11.0. The lowest BCUT2D eigenvalue weighted by atomic mass is 9.76. The van der Waals surface area contributed by atoms with Gasteiger partial charge in [-0.25, -0.2) is 0 Å². The van der Waals surface area contributed by atoms with Gasteiger partial charge >= 0.3 is 12.1 Å². The zero-order valence-corrected chi connectivity index (χ0v) is 7.90. The highest BCUT2D eigenvalue weighted by Gasteiger charge is 2.65. The first-order valence-corrected chi connectivity index (χ1v) is 4.66. The van der Waals surface area contributed by atoms with Crippen LogP contribution in [0.1, 0.15) is 32.6 Å². The van der Waals surface area contributed by atoms with E-state index in [1.165, 1.54) is 0 Å². The fourth-order valence-corrected chi connectivity index (χ4v) is 2.41. The molecule has 14 heavy (non-hydrogen) atoms. The largest absolute Gasteiger partial charge is 0.481 e. The Balaban J connectivity index is 3.10. The third-order valence-electron chi connectivity index (χ3n) is 3.20. The predicted molar refractivity (Wildman–Crippen MR) is 43.8 cm³/mol. The summed E-state index contributed by atoms with van der Waals surface area (Å²) in [5.74, 6) is -2.48. The average Bonchev–Trinajstić information content (AvgIpc) is 2.46. The Hall–Kier alpha value is -0.740. The van der Waals surface area contributed by atoms with E-state index in [4.69, 9.17) is 5.11 Å². The van der Waals surface area contributed by atoms with Gasteiger partial charge in [-0.2, -0.15) is 13.2 Å². The number of carboxylic acids is 1. The molecule has 1 fully saturated rings. The van der Waals surface area contributed by atoms with Crippen molar-refractivity contribution in [1.29, 1.82) is 0 Å². The van der Waals surface area contributed by atoms with Crippen molar-refractivity contribution in [3.8, 4) is 0 Å². The highest BCUT2D eigenvalue weighted by molar-refractivity contribution is 5.76. The number of carboxylic acid groups (broad SMARTS) is 1. The van der Waals surface area contributed by atoms with E-state index < -0.39 is 23.5 Å². The van der Waals surface area contributed by atoms with E-state index >= 15 is 0 Å². The third kappa shape index (κ3) is 1.38. The summed E-state index contributed by atoms with van der Waals surface area (Å²) >= 11 is 0. The first kappa shape index (κ1) is 11.3. The van der Waals surface area contributed by atoms with Gasteiger partial charge in [0.05, 0.1) is 0 Å². The number of aliphatic carboxylic acids is 1. The quantitative estimate of drug-likeness (QED) is 0.760. The summed E-state index contributed by atoms with van der Waals surface area (Å²) in [5.41, 5.74) is -2.48. The normalized spacial score (nSPS) is 33.3. The van der Waals surface area contributed by atoms with E-state index in [1.54, 1.807) is 6.92 Å². The summed E-state index contributed by atoms with van der Waals surface area (Å²) in [6.45, 7) is 1.61. The average molecular weight is 210 g/mol. The molecule has 2 atom stereocenters. The molecule has 0 amide bonds. The molecule has 0 bridgehead atoms. The molecule has 1 N–H and O–H groups in total. The first-order valence-electron chi connectivity index (χ1n) is 4.66. The highest BCUT2D eigenvalue weighted by Crippen LogP contribution is 2.55. The summed E-state index contributed by atoms with van der Waals surface area (Å²) in [4.78, 5) is 10.8. The van der Waals surface area contributed by atoms with Gasteiger partial charge in [0, 0.05) is 0 Å². The molecule has 0 spiro atoms. The van der Waals surface area contributed by atoms with Crippen LogP contribution in [0.4, 0.5) is 13.2 Å². The Morgan fingerprint density at radius 3 is 2.43 bits per heavy atom. The van der Waals surface area contributed by atoms with Crippen LogP contribution in [-0.4, -0.2) is 17.3 Å². The lowest BCUT2D eigenvalue weighted by Gasteiger charge is -2.32. The number of hydrogen-bond acceptors (Lipinski definition) is 1. The second-order valence-electron chi connectivity index (χ2n) is 3.77. The van der Waals surface area contributed by atoms with Crippen LogP contribution >= 0.6 is 0 Å². The minimum Gasteiger partial charge on any atom is -0.481 e. The van der Waals surface area contributed by atoms with Gasteiger partial charge in [-0.05, 0) is 18.8 Å². The Bertz CT molecular complexity index is 237. The summed E-state index contributed by atoms with van der Waals surface area (Å²) in [7, 11) is 0. The van der Waals surface area contributed by atoms with Crippen molar-refractivity contribution >= 4 is 5.97 Å². The molecule has 0 aromatic rings. The van der Waals surface area contributed by atoms with Crippen LogP contribution in [0.3, 0.4) is 0 Å². The van der Waals surface area contributed by atoms with Gasteiger partial charge in [0.25, 0.3) is 0 Å². The molecule has 0 aromatic carbocycles. The molecular weight excluding hydrogens is 197 g/mol. The van der Waals surface area contributed by atoms with Gasteiger partial charge in [-0.3, -0.25) is 4.79 Å². The van der Waals surface area contributed by atoms with Crippen molar-refractivity contribution in [3.05, 3.63) is 0 Å².